The first kappa shape index (κ1) is 18.2. The molecule has 2 atom stereocenters. The van der Waals surface area contributed by atoms with Gasteiger partial charge in [-0.05, 0) is 6.08 Å². The molecule has 11 heteroatoms. The van der Waals surface area contributed by atoms with Crippen molar-refractivity contribution >= 4 is 29.4 Å². The van der Waals surface area contributed by atoms with Gasteiger partial charge in [0.25, 0.3) is 0 Å². The number of alkyl halides is 2. The molecule has 0 aromatic carbocycles. The Hall–Kier alpha value is -1.88. The van der Waals surface area contributed by atoms with Crippen molar-refractivity contribution in [3.05, 3.63) is 27.8 Å². The van der Waals surface area contributed by atoms with E-state index in [4.69, 9.17) is 27.5 Å². The summed E-state index contributed by atoms with van der Waals surface area (Å²) in [5.41, 5.74) is 4.82. The van der Waals surface area contributed by atoms with E-state index in [1.807, 2.05) is 0 Å². The summed E-state index contributed by atoms with van der Waals surface area (Å²) in [5, 5.41) is 26.8. The van der Waals surface area contributed by atoms with E-state index in [1.165, 1.54) is 0 Å². The lowest BCUT2D eigenvalue weighted by Gasteiger charge is -2.24. The second-order valence-electron chi connectivity index (χ2n) is 4.15. The summed E-state index contributed by atoms with van der Waals surface area (Å²) in [5.74, 6) is -7.04. The number of nitrogen functional groups attached to an aromatic ring is 1. The maximum absolute atomic E-state index is 13.8. The van der Waals surface area contributed by atoms with E-state index in [2.05, 4.69) is 4.98 Å². The SMILES string of the molecule is Nc1nc(=O)n(C(=O)C(F)(F)[C@@H](O)[C@H](O)CO)cc1C=CCl. The molecular formula is C11H12ClF2N3O5. The molecule has 1 aromatic rings. The smallest absolute Gasteiger partial charge is 0.356 e. The molecule has 0 unspecified atom stereocenters. The zero-order valence-corrected chi connectivity index (χ0v) is 11.6. The van der Waals surface area contributed by atoms with Crippen molar-refractivity contribution in [2.24, 2.45) is 0 Å². The lowest BCUT2D eigenvalue weighted by Crippen LogP contribution is -2.53. The summed E-state index contributed by atoms with van der Waals surface area (Å²) >= 11 is 5.30. The van der Waals surface area contributed by atoms with Crippen LogP contribution in [0.5, 0.6) is 0 Å². The van der Waals surface area contributed by atoms with E-state index < -0.39 is 36.3 Å². The molecule has 1 rings (SSSR count). The molecule has 1 heterocycles. The van der Waals surface area contributed by atoms with Crippen LogP contribution in [-0.2, 0) is 0 Å². The van der Waals surface area contributed by atoms with Crippen LogP contribution in [0, 0.1) is 0 Å². The molecule has 0 aliphatic heterocycles. The van der Waals surface area contributed by atoms with Crippen molar-refractivity contribution < 1.29 is 28.9 Å². The normalized spacial score (nSPS) is 15.0. The van der Waals surface area contributed by atoms with Crippen molar-refractivity contribution in [1.29, 1.82) is 0 Å². The second-order valence-corrected chi connectivity index (χ2v) is 4.40. The highest BCUT2D eigenvalue weighted by Gasteiger charge is 2.51. The molecule has 5 N–H and O–H groups in total. The predicted molar refractivity (Wildman–Crippen MR) is 72.5 cm³/mol. The molecule has 122 valence electrons. The van der Waals surface area contributed by atoms with E-state index in [9.17, 15) is 23.5 Å². The van der Waals surface area contributed by atoms with Gasteiger partial charge in [-0.15, -0.1) is 0 Å². The fraction of sp³-hybridized carbons (Fsp3) is 0.364. The Morgan fingerprint density at radius 2 is 2.14 bits per heavy atom. The van der Waals surface area contributed by atoms with Gasteiger partial charge in [0.15, 0.2) is 6.10 Å². The number of hydrogen-bond donors (Lipinski definition) is 4. The molecule has 1 aromatic heterocycles. The van der Waals surface area contributed by atoms with Crippen LogP contribution in [-0.4, -0.2) is 55.5 Å². The zero-order valence-electron chi connectivity index (χ0n) is 10.9. The van der Waals surface area contributed by atoms with Gasteiger partial charge in [-0.25, -0.2) is 9.36 Å². The molecule has 0 bridgehead atoms. The van der Waals surface area contributed by atoms with Crippen molar-refractivity contribution in [1.82, 2.24) is 9.55 Å². The molecule has 0 radical (unpaired) electrons. The van der Waals surface area contributed by atoms with Crippen molar-refractivity contribution in [2.75, 3.05) is 12.3 Å². The molecule has 22 heavy (non-hydrogen) atoms. The van der Waals surface area contributed by atoms with Crippen molar-refractivity contribution in [3.8, 4) is 0 Å². The first-order valence-corrected chi connectivity index (χ1v) is 6.16. The van der Waals surface area contributed by atoms with Crippen LogP contribution in [0.1, 0.15) is 10.4 Å². The van der Waals surface area contributed by atoms with Gasteiger partial charge >= 0.3 is 17.5 Å². The van der Waals surface area contributed by atoms with Crippen molar-refractivity contribution in [2.45, 2.75) is 18.1 Å². The number of nitrogens with two attached hydrogens (primary N) is 1. The second kappa shape index (κ2) is 6.92. The fourth-order valence-corrected chi connectivity index (χ4v) is 1.59. The minimum Gasteiger partial charge on any atom is -0.394 e. The minimum absolute atomic E-state index is 0.0735. The molecule has 0 amide bonds. The Morgan fingerprint density at radius 1 is 1.55 bits per heavy atom. The Morgan fingerprint density at radius 3 is 2.64 bits per heavy atom. The van der Waals surface area contributed by atoms with Gasteiger partial charge in [-0.3, -0.25) is 4.79 Å². The minimum atomic E-state index is -4.55. The standard InChI is InChI=1S/C11H12ClF2N3O5/c12-2-1-5-3-17(10(22)16-8(5)15)9(21)11(13,14)7(20)6(19)4-18/h1-3,6-7,18-20H,4H2,(H2,15,16,22)/t6-,7+/m1/s1. The fourth-order valence-electron chi connectivity index (χ4n) is 1.45. The Kier molecular flexibility index (Phi) is 5.72. The van der Waals surface area contributed by atoms with Crippen LogP contribution in [0.3, 0.4) is 0 Å². The highest BCUT2D eigenvalue weighted by atomic mass is 35.5. The first-order chi connectivity index (χ1) is 10.2. The number of carbonyl (C=O) groups is 1. The highest BCUT2D eigenvalue weighted by Crippen LogP contribution is 2.23. The number of aliphatic hydroxyl groups excluding tert-OH is 3. The van der Waals surface area contributed by atoms with Crippen molar-refractivity contribution in [3.63, 3.8) is 0 Å². The largest absolute Gasteiger partial charge is 0.394 e. The number of hydrogen-bond acceptors (Lipinski definition) is 7. The third-order valence-corrected chi connectivity index (χ3v) is 2.78. The van der Waals surface area contributed by atoms with E-state index in [1.54, 1.807) is 0 Å². The Balaban J connectivity index is 3.33. The highest BCUT2D eigenvalue weighted by molar-refractivity contribution is 6.27. The zero-order chi connectivity index (χ0) is 17.1. The van der Waals surface area contributed by atoms with Crippen LogP contribution in [0.15, 0.2) is 16.5 Å². The molecular weight excluding hydrogens is 328 g/mol. The van der Waals surface area contributed by atoms with Gasteiger partial charge in [-0.2, -0.15) is 13.8 Å². The van der Waals surface area contributed by atoms with Crippen LogP contribution >= 0.6 is 11.6 Å². The quantitative estimate of drug-likeness (QED) is 0.541. The first-order valence-electron chi connectivity index (χ1n) is 5.72. The summed E-state index contributed by atoms with van der Waals surface area (Å²) in [7, 11) is 0. The third kappa shape index (κ3) is 3.47. The van der Waals surface area contributed by atoms with Gasteiger partial charge in [0.1, 0.15) is 11.9 Å². The summed E-state index contributed by atoms with van der Waals surface area (Å²) < 4.78 is 27.5. The van der Waals surface area contributed by atoms with Gasteiger partial charge in [-0.1, -0.05) is 11.6 Å². The number of halogens is 3. The third-order valence-electron chi connectivity index (χ3n) is 2.66. The Labute approximate surface area is 127 Å². The average Bonchev–Trinajstić information content (AvgIpc) is 2.47. The maximum Gasteiger partial charge on any atom is 0.356 e. The number of aliphatic hydroxyl groups is 3. The summed E-state index contributed by atoms with van der Waals surface area (Å²) in [6, 6.07) is 0. The number of carbonyl (C=O) groups excluding carboxylic acids is 1. The van der Waals surface area contributed by atoms with Crippen LogP contribution in [0.4, 0.5) is 14.6 Å². The number of rotatable bonds is 5. The van der Waals surface area contributed by atoms with E-state index in [0.29, 0.717) is 6.20 Å². The molecule has 8 nitrogen and oxygen atoms in total. The lowest BCUT2D eigenvalue weighted by atomic mass is 10.1. The van der Waals surface area contributed by atoms with E-state index >= 15 is 0 Å². The molecule has 0 saturated heterocycles. The number of aromatic nitrogens is 2. The number of nitrogens with zero attached hydrogens (tertiary/aromatic N) is 2. The molecule has 0 saturated carbocycles. The Bertz CT molecular complexity index is 649. The van der Waals surface area contributed by atoms with Gasteiger partial charge < -0.3 is 21.1 Å². The molecule has 0 spiro atoms. The summed E-state index contributed by atoms with van der Waals surface area (Å²) in [4.78, 5) is 26.4. The molecule has 0 aliphatic carbocycles. The van der Waals surface area contributed by atoms with Gasteiger partial charge in [0, 0.05) is 17.3 Å². The van der Waals surface area contributed by atoms with Crippen LogP contribution in [0.25, 0.3) is 6.08 Å². The van der Waals surface area contributed by atoms with Crippen LogP contribution in [0.2, 0.25) is 0 Å². The van der Waals surface area contributed by atoms with Gasteiger partial charge in [0.2, 0.25) is 0 Å². The predicted octanol–water partition coefficient (Wildman–Crippen LogP) is -0.975. The monoisotopic (exact) mass is 339 g/mol. The summed E-state index contributed by atoms with van der Waals surface area (Å²) in [6.45, 7) is -1.21. The van der Waals surface area contributed by atoms with Crippen LogP contribution < -0.4 is 11.4 Å². The molecule has 0 fully saturated rings. The average molecular weight is 340 g/mol. The van der Waals surface area contributed by atoms with Gasteiger partial charge in [0.05, 0.1) is 6.61 Å². The number of anilines is 1. The molecule has 0 aliphatic rings. The van der Waals surface area contributed by atoms with E-state index in [-0.39, 0.29) is 15.9 Å². The lowest BCUT2D eigenvalue weighted by molar-refractivity contribution is -0.136. The topological polar surface area (TPSA) is 139 Å². The summed E-state index contributed by atoms with van der Waals surface area (Å²) in [6.07, 6.45) is -3.43. The maximum atomic E-state index is 13.8. The van der Waals surface area contributed by atoms with E-state index in [0.717, 1.165) is 11.6 Å².